The number of anilines is 1. The quantitative estimate of drug-likeness (QED) is 0.923. The van der Waals surface area contributed by atoms with Crippen LogP contribution < -0.4 is 4.90 Å². The molecule has 0 radical (unpaired) electrons. The SMILES string of the molecule is C[C@@H]1CCc2cc(F)ccc2N1C(=O)c1ccccc1C(=O)O. The van der Waals surface area contributed by atoms with Gasteiger partial charge in [-0.25, -0.2) is 9.18 Å². The molecular formula is C18H16FNO3. The fourth-order valence-corrected chi connectivity index (χ4v) is 3.02. The second kappa shape index (κ2) is 5.83. The highest BCUT2D eigenvalue weighted by Gasteiger charge is 2.31. The number of carbonyl (C=O) groups is 2. The molecule has 1 atom stereocenters. The number of amides is 1. The number of hydrogen-bond donors (Lipinski definition) is 1. The Hall–Kier alpha value is -2.69. The number of benzene rings is 2. The van der Waals surface area contributed by atoms with E-state index in [1.54, 1.807) is 23.1 Å². The molecule has 0 fully saturated rings. The van der Waals surface area contributed by atoms with Crippen LogP contribution >= 0.6 is 0 Å². The van der Waals surface area contributed by atoms with Crippen LogP contribution in [0, 0.1) is 5.82 Å². The highest BCUT2D eigenvalue weighted by molar-refractivity contribution is 6.12. The maximum absolute atomic E-state index is 13.4. The summed E-state index contributed by atoms with van der Waals surface area (Å²) in [6, 6.07) is 10.4. The van der Waals surface area contributed by atoms with E-state index < -0.39 is 5.97 Å². The van der Waals surface area contributed by atoms with E-state index in [2.05, 4.69) is 0 Å². The van der Waals surface area contributed by atoms with Crippen LogP contribution in [0.2, 0.25) is 0 Å². The number of carboxylic acid groups (broad SMARTS) is 1. The Morgan fingerprint density at radius 3 is 2.57 bits per heavy atom. The van der Waals surface area contributed by atoms with E-state index >= 15 is 0 Å². The number of rotatable bonds is 2. The third kappa shape index (κ3) is 2.70. The topological polar surface area (TPSA) is 57.6 Å². The van der Waals surface area contributed by atoms with Gasteiger partial charge in [0.1, 0.15) is 5.82 Å². The first-order valence-electron chi connectivity index (χ1n) is 7.43. The van der Waals surface area contributed by atoms with Crippen molar-refractivity contribution in [2.75, 3.05) is 4.90 Å². The first kappa shape index (κ1) is 15.2. The molecule has 0 aromatic heterocycles. The van der Waals surface area contributed by atoms with Crippen molar-refractivity contribution in [2.45, 2.75) is 25.8 Å². The van der Waals surface area contributed by atoms with Gasteiger partial charge in [-0.1, -0.05) is 12.1 Å². The number of nitrogens with zero attached hydrogens (tertiary/aromatic N) is 1. The fourth-order valence-electron chi connectivity index (χ4n) is 3.02. The van der Waals surface area contributed by atoms with Gasteiger partial charge in [0.15, 0.2) is 0 Å². The van der Waals surface area contributed by atoms with Crippen molar-refractivity contribution < 1.29 is 19.1 Å². The summed E-state index contributed by atoms with van der Waals surface area (Å²) in [6.07, 6.45) is 1.40. The van der Waals surface area contributed by atoms with E-state index in [9.17, 15) is 19.1 Å². The molecule has 4 nitrogen and oxygen atoms in total. The van der Waals surface area contributed by atoms with Gasteiger partial charge in [-0.3, -0.25) is 4.79 Å². The molecule has 23 heavy (non-hydrogen) atoms. The van der Waals surface area contributed by atoms with Gasteiger partial charge in [0.05, 0.1) is 11.1 Å². The zero-order valence-electron chi connectivity index (χ0n) is 12.6. The summed E-state index contributed by atoms with van der Waals surface area (Å²) in [5.41, 5.74) is 1.53. The molecule has 2 aromatic rings. The Kier molecular flexibility index (Phi) is 3.86. The third-order valence-electron chi connectivity index (χ3n) is 4.18. The smallest absolute Gasteiger partial charge is 0.336 e. The van der Waals surface area contributed by atoms with Crippen molar-refractivity contribution >= 4 is 17.6 Å². The maximum atomic E-state index is 13.4. The molecule has 3 rings (SSSR count). The van der Waals surface area contributed by atoms with Gasteiger partial charge in [0.2, 0.25) is 0 Å². The first-order valence-corrected chi connectivity index (χ1v) is 7.43. The van der Waals surface area contributed by atoms with E-state index in [4.69, 9.17) is 0 Å². The van der Waals surface area contributed by atoms with E-state index in [0.717, 1.165) is 5.56 Å². The van der Waals surface area contributed by atoms with Crippen molar-refractivity contribution in [3.05, 3.63) is 65.0 Å². The van der Waals surface area contributed by atoms with Gasteiger partial charge in [0, 0.05) is 11.7 Å². The average molecular weight is 313 g/mol. The van der Waals surface area contributed by atoms with Crippen LogP contribution in [0.25, 0.3) is 0 Å². The molecule has 0 aliphatic carbocycles. The van der Waals surface area contributed by atoms with E-state index in [1.165, 1.54) is 24.3 Å². The standard InChI is InChI=1S/C18H16FNO3/c1-11-6-7-12-10-13(19)8-9-16(12)20(11)17(21)14-4-2-3-5-15(14)18(22)23/h2-5,8-11H,6-7H2,1H3,(H,22,23)/t11-/m1/s1. The highest BCUT2D eigenvalue weighted by Crippen LogP contribution is 2.33. The minimum absolute atomic E-state index is 0.0288. The first-order chi connectivity index (χ1) is 11.0. The Balaban J connectivity index is 2.08. The highest BCUT2D eigenvalue weighted by atomic mass is 19.1. The monoisotopic (exact) mass is 313 g/mol. The zero-order chi connectivity index (χ0) is 16.6. The number of aromatic carboxylic acids is 1. The van der Waals surface area contributed by atoms with Gasteiger partial charge in [-0.05, 0) is 55.7 Å². The zero-order valence-corrected chi connectivity index (χ0v) is 12.6. The second-order valence-electron chi connectivity index (χ2n) is 5.69. The van der Waals surface area contributed by atoms with E-state index in [0.29, 0.717) is 18.5 Å². The molecule has 2 aromatic carbocycles. The fraction of sp³-hybridized carbons (Fsp3) is 0.222. The van der Waals surface area contributed by atoms with Crippen molar-refractivity contribution in [3.63, 3.8) is 0 Å². The lowest BCUT2D eigenvalue weighted by Gasteiger charge is -2.35. The summed E-state index contributed by atoms with van der Waals surface area (Å²) in [5.74, 6) is -1.85. The van der Waals surface area contributed by atoms with Crippen molar-refractivity contribution in [1.82, 2.24) is 0 Å². The molecule has 0 saturated carbocycles. The predicted molar refractivity (Wildman–Crippen MR) is 84.4 cm³/mol. The third-order valence-corrected chi connectivity index (χ3v) is 4.18. The summed E-state index contributed by atoms with van der Waals surface area (Å²) in [4.78, 5) is 25.9. The maximum Gasteiger partial charge on any atom is 0.336 e. The molecule has 1 heterocycles. The molecule has 0 unspecified atom stereocenters. The molecule has 0 saturated heterocycles. The summed E-state index contributed by atoms with van der Waals surface area (Å²) in [5, 5.41) is 9.29. The molecule has 1 aliphatic heterocycles. The molecule has 1 amide bonds. The molecular weight excluding hydrogens is 297 g/mol. The molecule has 5 heteroatoms. The number of halogens is 1. The normalized spacial score (nSPS) is 16.8. The number of carboxylic acids is 1. The molecule has 1 N–H and O–H groups in total. The summed E-state index contributed by atoms with van der Waals surface area (Å²) in [6.45, 7) is 1.91. The van der Waals surface area contributed by atoms with E-state index in [1.807, 2.05) is 6.92 Å². The van der Waals surface area contributed by atoms with Gasteiger partial charge in [-0.15, -0.1) is 0 Å². The largest absolute Gasteiger partial charge is 0.478 e. The lowest BCUT2D eigenvalue weighted by atomic mass is 9.95. The Morgan fingerprint density at radius 2 is 1.87 bits per heavy atom. The van der Waals surface area contributed by atoms with Crippen molar-refractivity contribution in [3.8, 4) is 0 Å². The molecule has 1 aliphatic rings. The van der Waals surface area contributed by atoms with Crippen LogP contribution in [0.1, 0.15) is 39.6 Å². The number of aryl methyl sites for hydroxylation is 1. The number of fused-ring (bicyclic) bond motifs is 1. The number of hydrogen-bond acceptors (Lipinski definition) is 2. The van der Waals surface area contributed by atoms with Gasteiger partial charge in [-0.2, -0.15) is 0 Å². The van der Waals surface area contributed by atoms with Crippen LogP contribution in [-0.4, -0.2) is 23.0 Å². The van der Waals surface area contributed by atoms with Crippen molar-refractivity contribution in [1.29, 1.82) is 0 Å². The molecule has 0 spiro atoms. The van der Waals surface area contributed by atoms with Crippen LogP contribution in [0.3, 0.4) is 0 Å². The predicted octanol–water partition coefficient (Wildman–Crippen LogP) is 3.51. The Labute approximate surface area is 133 Å². The Bertz CT molecular complexity index is 788. The van der Waals surface area contributed by atoms with Crippen molar-refractivity contribution in [2.24, 2.45) is 0 Å². The van der Waals surface area contributed by atoms with Crippen LogP contribution in [0.4, 0.5) is 10.1 Å². The lowest BCUT2D eigenvalue weighted by Crippen LogP contribution is -2.42. The molecule has 0 bridgehead atoms. The van der Waals surface area contributed by atoms with Gasteiger partial charge < -0.3 is 10.0 Å². The van der Waals surface area contributed by atoms with Crippen LogP contribution in [0.5, 0.6) is 0 Å². The summed E-state index contributed by atoms with van der Waals surface area (Å²) < 4.78 is 13.4. The van der Waals surface area contributed by atoms with Gasteiger partial charge in [0.25, 0.3) is 5.91 Å². The second-order valence-corrected chi connectivity index (χ2v) is 5.69. The minimum Gasteiger partial charge on any atom is -0.478 e. The summed E-state index contributed by atoms with van der Waals surface area (Å²) in [7, 11) is 0. The summed E-state index contributed by atoms with van der Waals surface area (Å²) >= 11 is 0. The van der Waals surface area contributed by atoms with Gasteiger partial charge >= 0.3 is 5.97 Å². The number of carbonyl (C=O) groups excluding carboxylic acids is 1. The lowest BCUT2D eigenvalue weighted by molar-refractivity contribution is 0.0691. The van der Waals surface area contributed by atoms with Crippen LogP contribution in [0.15, 0.2) is 42.5 Å². The van der Waals surface area contributed by atoms with Crippen LogP contribution in [-0.2, 0) is 6.42 Å². The molecule has 118 valence electrons. The average Bonchev–Trinajstić information content (AvgIpc) is 2.54. The Morgan fingerprint density at radius 1 is 1.17 bits per heavy atom. The minimum atomic E-state index is -1.14. The van der Waals surface area contributed by atoms with E-state index in [-0.39, 0.29) is 28.9 Å².